The molecule has 0 amide bonds. The number of hydrogen-bond acceptors (Lipinski definition) is 3. The van der Waals surface area contributed by atoms with Crippen molar-refractivity contribution >= 4 is 17.3 Å². The number of anilines is 1. The predicted molar refractivity (Wildman–Crippen MR) is 58.3 cm³/mol. The van der Waals surface area contributed by atoms with Crippen LogP contribution in [0, 0.1) is 5.82 Å². The molecule has 102 valence electrons. The fourth-order valence-electron chi connectivity index (χ4n) is 1.14. The van der Waals surface area contributed by atoms with Crippen molar-refractivity contribution in [2.45, 2.75) is 12.5 Å². The first-order chi connectivity index (χ1) is 8.31. The quantitative estimate of drug-likeness (QED) is 0.646. The van der Waals surface area contributed by atoms with Crippen LogP contribution < -0.4 is 10.1 Å². The third-order valence-electron chi connectivity index (χ3n) is 1.87. The van der Waals surface area contributed by atoms with Gasteiger partial charge in [-0.05, 0) is 12.1 Å². The second-order valence-corrected chi connectivity index (χ2v) is 3.69. The highest BCUT2D eigenvalue weighted by molar-refractivity contribution is 6.18. The first-order valence-electron chi connectivity index (χ1n) is 4.85. The third-order valence-corrected chi connectivity index (χ3v) is 2.23. The smallest absolute Gasteiger partial charge is 0.404 e. The summed E-state index contributed by atoms with van der Waals surface area (Å²) in [6.07, 6.45) is -5.84. The lowest BCUT2D eigenvalue weighted by molar-refractivity contribution is -0.274. The Morgan fingerprint density at radius 2 is 2.06 bits per heavy atom. The molecule has 0 bridgehead atoms. The lowest BCUT2D eigenvalue weighted by Gasteiger charge is -2.16. The molecule has 1 atom stereocenters. The molecule has 1 unspecified atom stereocenters. The zero-order valence-electron chi connectivity index (χ0n) is 8.97. The summed E-state index contributed by atoms with van der Waals surface area (Å²) in [4.78, 5) is 0. The van der Waals surface area contributed by atoms with Crippen molar-refractivity contribution in [3.8, 4) is 5.75 Å². The Morgan fingerprint density at radius 3 is 2.61 bits per heavy atom. The summed E-state index contributed by atoms with van der Waals surface area (Å²) in [7, 11) is 0. The van der Waals surface area contributed by atoms with E-state index in [1.165, 1.54) is 0 Å². The molecule has 1 aromatic rings. The maximum absolute atomic E-state index is 12.9. The standard InChI is InChI=1S/C10H10ClF4NO2/c11-4-7(17)5-16-8-3-6(12)1-2-9(8)18-10(13,14)15/h1-3,7,16-17H,4-5H2. The van der Waals surface area contributed by atoms with E-state index in [0.717, 1.165) is 18.2 Å². The van der Waals surface area contributed by atoms with Gasteiger partial charge in [-0.25, -0.2) is 4.39 Å². The van der Waals surface area contributed by atoms with Gasteiger partial charge >= 0.3 is 6.36 Å². The molecule has 1 rings (SSSR count). The number of aliphatic hydroxyl groups is 1. The molecule has 0 fully saturated rings. The van der Waals surface area contributed by atoms with Gasteiger partial charge < -0.3 is 15.2 Å². The van der Waals surface area contributed by atoms with Crippen molar-refractivity contribution in [1.29, 1.82) is 0 Å². The molecule has 0 saturated heterocycles. The third kappa shape index (κ3) is 4.97. The monoisotopic (exact) mass is 287 g/mol. The van der Waals surface area contributed by atoms with Crippen LogP contribution in [0.5, 0.6) is 5.75 Å². The van der Waals surface area contributed by atoms with E-state index in [0.29, 0.717) is 0 Å². The highest BCUT2D eigenvalue weighted by atomic mass is 35.5. The Hall–Kier alpha value is -1.21. The molecule has 1 aromatic carbocycles. The van der Waals surface area contributed by atoms with E-state index in [1.807, 2.05) is 0 Å². The molecule has 2 N–H and O–H groups in total. The zero-order chi connectivity index (χ0) is 13.8. The molecule has 8 heteroatoms. The van der Waals surface area contributed by atoms with Crippen molar-refractivity contribution in [1.82, 2.24) is 0 Å². The number of rotatable bonds is 5. The molecule has 0 heterocycles. The normalized spacial score (nSPS) is 13.2. The number of ether oxygens (including phenoxy) is 1. The van der Waals surface area contributed by atoms with Crippen LogP contribution in [0.15, 0.2) is 18.2 Å². The van der Waals surface area contributed by atoms with Crippen LogP contribution in [-0.4, -0.2) is 30.0 Å². The predicted octanol–water partition coefficient (Wildman–Crippen LogP) is 2.74. The molecule has 0 aromatic heterocycles. The van der Waals surface area contributed by atoms with Crippen molar-refractivity contribution in [2.24, 2.45) is 0 Å². The van der Waals surface area contributed by atoms with Gasteiger partial charge in [-0.1, -0.05) is 0 Å². The average molecular weight is 288 g/mol. The maximum atomic E-state index is 12.9. The SMILES string of the molecule is OC(CCl)CNc1cc(F)ccc1OC(F)(F)F. The van der Waals surface area contributed by atoms with Crippen LogP contribution in [0.1, 0.15) is 0 Å². The maximum Gasteiger partial charge on any atom is 0.573 e. The van der Waals surface area contributed by atoms with E-state index >= 15 is 0 Å². The number of nitrogens with one attached hydrogen (secondary N) is 1. The molecule has 0 saturated carbocycles. The lowest BCUT2D eigenvalue weighted by atomic mass is 10.2. The topological polar surface area (TPSA) is 41.5 Å². The van der Waals surface area contributed by atoms with Gasteiger partial charge in [-0.3, -0.25) is 0 Å². The Balaban J connectivity index is 2.83. The van der Waals surface area contributed by atoms with E-state index in [2.05, 4.69) is 10.1 Å². The van der Waals surface area contributed by atoms with E-state index in [1.54, 1.807) is 0 Å². The van der Waals surface area contributed by atoms with Crippen LogP contribution in [-0.2, 0) is 0 Å². The van der Waals surface area contributed by atoms with Crippen molar-refractivity contribution < 1.29 is 27.4 Å². The van der Waals surface area contributed by atoms with E-state index in [-0.39, 0.29) is 18.1 Å². The molecule has 0 aliphatic heterocycles. The number of halogens is 5. The fourth-order valence-corrected chi connectivity index (χ4v) is 1.25. The molecule has 18 heavy (non-hydrogen) atoms. The van der Waals surface area contributed by atoms with Crippen LogP contribution in [0.2, 0.25) is 0 Å². The highest BCUT2D eigenvalue weighted by Gasteiger charge is 2.32. The van der Waals surface area contributed by atoms with Crippen molar-refractivity contribution in [3.63, 3.8) is 0 Å². The number of alkyl halides is 4. The van der Waals surface area contributed by atoms with Crippen molar-refractivity contribution in [2.75, 3.05) is 17.7 Å². The number of hydrogen-bond donors (Lipinski definition) is 2. The van der Waals surface area contributed by atoms with Gasteiger partial charge in [0.1, 0.15) is 5.82 Å². The minimum absolute atomic E-state index is 0.0994. The summed E-state index contributed by atoms with van der Waals surface area (Å²) in [6.45, 7) is -0.124. The first kappa shape index (κ1) is 14.8. The molecular weight excluding hydrogens is 278 g/mol. The van der Waals surface area contributed by atoms with Crippen LogP contribution in [0.25, 0.3) is 0 Å². The van der Waals surface area contributed by atoms with Crippen molar-refractivity contribution in [3.05, 3.63) is 24.0 Å². The minimum atomic E-state index is -4.88. The second-order valence-electron chi connectivity index (χ2n) is 3.38. The first-order valence-corrected chi connectivity index (χ1v) is 5.38. The Morgan fingerprint density at radius 1 is 1.39 bits per heavy atom. The molecule has 0 spiro atoms. The largest absolute Gasteiger partial charge is 0.573 e. The zero-order valence-corrected chi connectivity index (χ0v) is 9.72. The van der Waals surface area contributed by atoms with E-state index in [9.17, 15) is 17.6 Å². The molecule has 3 nitrogen and oxygen atoms in total. The average Bonchev–Trinajstić information content (AvgIpc) is 2.27. The number of benzene rings is 1. The Bertz CT molecular complexity index is 400. The lowest BCUT2D eigenvalue weighted by Crippen LogP contribution is -2.22. The Kier molecular flexibility index (Phi) is 5.03. The molecule has 0 aliphatic carbocycles. The molecule has 0 aliphatic rings. The van der Waals surface area contributed by atoms with Gasteiger partial charge in [0.2, 0.25) is 0 Å². The summed E-state index contributed by atoms with van der Waals surface area (Å²) in [5, 5.41) is 11.6. The summed E-state index contributed by atoms with van der Waals surface area (Å²) >= 11 is 5.32. The fraction of sp³-hybridized carbons (Fsp3) is 0.400. The van der Waals surface area contributed by atoms with E-state index < -0.39 is 24.0 Å². The summed E-state index contributed by atoms with van der Waals surface area (Å²) in [6, 6.07) is 2.52. The van der Waals surface area contributed by atoms with Gasteiger partial charge in [0, 0.05) is 12.6 Å². The van der Waals surface area contributed by atoms with E-state index in [4.69, 9.17) is 16.7 Å². The summed E-state index contributed by atoms with van der Waals surface area (Å²) < 4.78 is 52.8. The summed E-state index contributed by atoms with van der Waals surface area (Å²) in [5.41, 5.74) is -0.212. The minimum Gasteiger partial charge on any atom is -0.404 e. The van der Waals surface area contributed by atoms with Crippen LogP contribution in [0.3, 0.4) is 0 Å². The van der Waals surface area contributed by atoms with Gasteiger partial charge in [-0.15, -0.1) is 24.8 Å². The van der Waals surface area contributed by atoms with Gasteiger partial charge in [-0.2, -0.15) is 0 Å². The van der Waals surface area contributed by atoms with Gasteiger partial charge in [0.25, 0.3) is 0 Å². The Labute approximate surface area is 105 Å². The van der Waals surface area contributed by atoms with Crippen LogP contribution >= 0.6 is 11.6 Å². The highest BCUT2D eigenvalue weighted by Crippen LogP contribution is 2.30. The van der Waals surface area contributed by atoms with Crippen LogP contribution in [0.4, 0.5) is 23.2 Å². The second kappa shape index (κ2) is 6.10. The van der Waals surface area contributed by atoms with Gasteiger partial charge in [0.15, 0.2) is 5.75 Å². The molecule has 0 radical (unpaired) electrons. The number of aliphatic hydroxyl groups excluding tert-OH is 1. The molecular formula is C10H10ClF4NO2. The summed E-state index contributed by atoms with van der Waals surface area (Å²) in [5.74, 6) is -1.41. The van der Waals surface area contributed by atoms with Gasteiger partial charge in [0.05, 0.1) is 17.7 Å².